The average molecular weight is 102 g/mol. The Kier molecular flexibility index (Phi) is 4.45. The van der Waals surface area contributed by atoms with E-state index in [9.17, 15) is 0 Å². The van der Waals surface area contributed by atoms with E-state index < -0.39 is 0 Å². The molecule has 0 N–H and O–H groups in total. The molecule has 0 atom stereocenters. The van der Waals surface area contributed by atoms with Crippen LogP contribution >= 0.6 is 12.1 Å². The van der Waals surface area contributed by atoms with Gasteiger partial charge in [-0.1, -0.05) is 0 Å². The predicted molar refractivity (Wildman–Crippen MR) is 31.3 cm³/mol. The first-order chi connectivity index (χ1) is 2.91. The van der Waals surface area contributed by atoms with Gasteiger partial charge >= 0.3 is 0 Å². The number of hydrogen-bond donors (Lipinski definition) is 0. The van der Waals surface area contributed by atoms with E-state index in [1.807, 2.05) is 6.92 Å². The van der Waals surface area contributed by atoms with Gasteiger partial charge in [0, 0.05) is 12.9 Å². The van der Waals surface area contributed by atoms with Crippen molar-refractivity contribution in [2.75, 3.05) is 0 Å². The highest BCUT2D eigenvalue weighted by Crippen LogP contribution is 1.97. The van der Waals surface area contributed by atoms with Crippen LogP contribution in [-0.4, -0.2) is 12.9 Å². The topological polar surface area (TPSA) is 24.7 Å². The minimum Gasteiger partial charge on any atom is -0.210 e. The third-order valence-corrected chi connectivity index (χ3v) is 0.631. The van der Waals surface area contributed by atoms with Crippen molar-refractivity contribution in [1.29, 1.82) is 0 Å². The van der Waals surface area contributed by atoms with Crippen molar-refractivity contribution in [3.8, 4) is 0 Å². The summed E-state index contributed by atoms with van der Waals surface area (Å²) >= 11 is 1.09. The molecule has 0 heterocycles. The summed E-state index contributed by atoms with van der Waals surface area (Å²) in [6.07, 6.45) is 1.67. The van der Waals surface area contributed by atoms with Gasteiger partial charge in [0.2, 0.25) is 0 Å². The first kappa shape index (κ1) is 5.69. The van der Waals surface area contributed by atoms with E-state index in [0.717, 1.165) is 12.1 Å². The van der Waals surface area contributed by atoms with E-state index in [1.54, 1.807) is 6.21 Å². The molecule has 0 spiro atoms. The summed E-state index contributed by atoms with van der Waals surface area (Å²) in [5.74, 6) is 0. The van der Waals surface area contributed by atoms with E-state index in [-0.39, 0.29) is 0 Å². The molecule has 3 heteroatoms. The molecule has 2 nitrogen and oxygen atoms in total. The first-order valence-corrected chi connectivity index (χ1v) is 2.25. The maximum absolute atomic E-state index is 3.65. The van der Waals surface area contributed by atoms with Crippen LogP contribution in [0.4, 0.5) is 0 Å². The Morgan fingerprint density at radius 2 is 2.50 bits per heavy atom. The lowest BCUT2D eigenvalue weighted by Gasteiger charge is -1.69. The highest BCUT2D eigenvalue weighted by atomic mass is 32.2. The molecule has 0 radical (unpaired) electrons. The van der Waals surface area contributed by atoms with Crippen molar-refractivity contribution in [2.45, 2.75) is 6.92 Å². The monoisotopic (exact) mass is 102 g/mol. The van der Waals surface area contributed by atoms with Gasteiger partial charge in [0.05, 0.1) is 0 Å². The fourth-order valence-electron chi connectivity index (χ4n) is 0.0805. The zero-order valence-corrected chi connectivity index (χ0v) is 4.40. The molecule has 0 amide bonds. The Hall–Kier alpha value is -0.310. The lowest BCUT2D eigenvalue weighted by Crippen LogP contribution is -1.47. The van der Waals surface area contributed by atoms with Crippen LogP contribution in [0, 0.1) is 0 Å². The molecule has 0 aromatic rings. The second-order valence-electron chi connectivity index (χ2n) is 0.574. The summed E-state index contributed by atoms with van der Waals surface area (Å²) in [5, 5.41) is 0. The standard InChI is InChI=1S/C3H6N2S/c1-3-5-6-4-2/h3H,2H2,1H3. The Morgan fingerprint density at radius 3 is 2.67 bits per heavy atom. The Labute approximate surface area is 41.7 Å². The van der Waals surface area contributed by atoms with E-state index >= 15 is 0 Å². The molecule has 6 heavy (non-hydrogen) atoms. The van der Waals surface area contributed by atoms with Gasteiger partial charge in [0.25, 0.3) is 0 Å². The number of rotatable bonds is 2. The molecule has 0 aliphatic rings. The van der Waals surface area contributed by atoms with Crippen LogP contribution in [0.1, 0.15) is 6.92 Å². The van der Waals surface area contributed by atoms with Gasteiger partial charge < -0.3 is 0 Å². The van der Waals surface area contributed by atoms with E-state index in [4.69, 9.17) is 0 Å². The van der Waals surface area contributed by atoms with Crippen LogP contribution in [0.15, 0.2) is 8.80 Å². The van der Waals surface area contributed by atoms with Crippen LogP contribution in [0.2, 0.25) is 0 Å². The zero-order valence-electron chi connectivity index (χ0n) is 3.59. The molecule has 0 aromatic heterocycles. The zero-order chi connectivity index (χ0) is 4.83. The van der Waals surface area contributed by atoms with Gasteiger partial charge in [-0.2, -0.15) is 0 Å². The van der Waals surface area contributed by atoms with Gasteiger partial charge in [-0.05, 0) is 6.92 Å². The highest BCUT2D eigenvalue weighted by Gasteiger charge is 1.59. The minimum absolute atomic E-state index is 1.09. The molecule has 0 saturated heterocycles. The first-order valence-electron chi connectivity index (χ1n) is 1.52. The van der Waals surface area contributed by atoms with Gasteiger partial charge in [-0.15, -0.1) is 0 Å². The lowest BCUT2D eigenvalue weighted by atomic mass is 10.9. The Bertz CT molecular complexity index is 59.8. The third kappa shape index (κ3) is 3.69. The normalized spacial score (nSPS) is 9.50. The molecule has 0 aliphatic heterocycles. The van der Waals surface area contributed by atoms with Crippen LogP contribution in [-0.2, 0) is 0 Å². The van der Waals surface area contributed by atoms with Crippen molar-refractivity contribution < 1.29 is 0 Å². The predicted octanol–water partition coefficient (Wildman–Crippen LogP) is 1.34. The van der Waals surface area contributed by atoms with Crippen molar-refractivity contribution in [1.82, 2.24) is 0 Å². The lowest BCUT2D eigenvalue weighted by molar-refractivity contribution is 1.84. The molecule has 0 unspecified atom stereocenters. The van der Waals surface area contributed by atoms with Crippen molar-refractivity contribution in [2.24, 2.45) is 8.80 Å². The summed E-state index contributed by atoms with van der Waals surface area (Å²) in [6.45, 7) is 5.03. The molecule has 34 valence electrons. The second-order valence-corrected chi connectivity index (χ2v) is 1.21. The van der Waals surface area contributed by atoms with Crippen LogP contribution in [0.3, 0.4) is 0 Å². The SMILES string of the molecule is C=NSN=CC. The van der Waals surface area contributed by atoms with E-state index in [1.165, 1.54) is 0 Å². The van der Waals surface area contributed by atoms with E-state index in [0.29, 0.717) is 0 Å². The van der Waals surface area contributed by atoms with Gasteiger partial charge in [-0.25, -0.2) is 8.80 Å². The summed E-state index contributed by atoms with van der Waals surface area (Å²) in [6, 6.07) is 0. The maximum atomic E-state index is 3.65. The van der Waals surface area contributed by atoms with Gasteiger partial charge in [0.1, 0.15) is 12.1 Å². The fraction of sp³-hybridized carbons (Fsp3) is 0.333. The summed E-state index contributed by atoms with van der Waals surface area (Å²) in [7, 11) is 0. The Balaban J connectivity index is 2.85. The molecule has 0 bridgehead atoms. The molecule has 0 aliphatic carbocycles. The molecule has 0 fully saturated rings. The maximum Gasteiger partial charge on any atom is 0.114 e. The summed E-state index contributed by atoms with van der Waals surface area (Å²) < 4.78 is 7.05. The Morgan fingerprint density at radius 1 is 1.83 bits per heavy atom. The molecular weight excluding hydrogens is 96.1 g/mol. The molecule has 0 rings (SSSR count). The smallest absolute Gasteiger partial charge is 0.114 e. The van der Waals surface area contributed by atoms with Crippen molar-refractivity contribution in [3.05, 3.63) is 0 Å². The quantitative estimate of drug-likeness (QED) is 0.381. The average Bonchev–Trinajstić information content (AvgIpc) is 1.61. The van der Waals surface area contributed by atoms with Gasteiger partial charge in [-0.3, -0.25) is 0 Å². The van der Waals surface area contributed by atoms with Gasteiger partial charge in [0.15, 0.2) is 0 Å². The second kappa shape index (κ2) is 4.69. The molecular formula is C3H6N2S. The summed E-state index contributed by atoms with van der Waals surface area (Å²) in [4.78, 5) is 0. The van der Waals surface area contributed by atoms with Crippen molar-refractivity contribution in [3.63, 3.8) is 0 Å². The minimum atomic E-state index is 1.09. The van der Waals surface area contributed by atoms with E-state index in [2.05, 4.69) is 15.5 Å². The number of nitrogens with zero attached hydrogens (tertiary/aromatic N) is 2. The van der Waals surface area contributed by atoms with Crippen LogP contribution < -0.4 is 0 Å². The highest BCUT2D eigenvalue weighted by molar-refractivity contribution is 7.96. The molecule has 0 saturated carbocycles. The van der Waals surface area contributed by atoms with Crippen LogP contribution in [0.5, 0.6) is 0 Å². The van der Waals surface area contributed by atoms with Crippen LogP contribution in [0.25, 0.3) is 0 Å². The summed E-state index contributed by atoms with van der Waals surface area (Å²) in [5.41, 5.74) is 0. The molecule has 0 aromatic carbocycles. The van der Waals surface area contributed by atoms with Crippen molar-refractivity contribution >= 4 is 25.1 Å². The fourth-order valence-corrected chi connectivity index (χ4v) is 0.241. The largest absolute Gasteiger partial charge is 0.210 e. The third-order valence-electron chi connectivity index (χ3n) is 0.210. The number of hydrogen-bond acceptors (Lipinski definition) is 3.